The number of anilines is 2. The minimum absolute atomic E-state index is 0.00334. The van der Waals surface area contributed by atoms with Crippen molar-refractivity contribution >= 4 is 44.4 Å². The molecule has 3 N–H and O–H groups in total. The second kappa shape index (κ2) is 9.81. The number of hydrogen-bond donors (Lipinski definition) is 3. The van der Waals surface area contributed by atoms with E-state index in [2.05, 4.69) is 15.3 Å². The smallest absolute Gasteiger partial charge is 0.354 e. The highest BCUT2D eigenvalue weighted by molar-refractivity contribution is 7.22. The monoisotopic (exact) mass is 488 g/mol. The summed E-state index contributed by atoms with van der Waals surface area (Å²) in [5.74, 6) is -0.753. The maximum Gasteiger partial charge on any atom is 0.354 e. The van der Waals surface area contributed by atoms with Gasteiger partial charge in [0, 0.05) is 25.3 Å². The van der Waals surface area contributed by atoms with Crippen molar-refractivity contribution in [3.63, 3.8) is 0 Å². The number of aryl methyl sites for hydroxylation is 1. The molecule has 0 fully saturated rings. The zero-order chi connectivity index (χ0) is 24.4. The van der Waals surface area contributed by atoms with Crippen molar-refractivity contribution in [2.45, 2.75) is 25.8 Å². The summed E-state index contributed by atoms with van der Waals surface area (Å²) >= 11 is 1.43. The lowest BCUT2D eigenvalue weighted by atomic mass is 9.94. The molecule has 9 heteroatoms. The lowest BCUT2D eigenvalue weighted by Crippen LogP contribution is -2.33. The van der Waals surface area contributed by atoms with Crippen molar-refractivity contribution in [3.8, 4) is 0 Å². The first-order valence-electron chi connectivity index (χ1n) is 11.4. The van der Waals surface area contributed by atoms with Crippen LogP contribution in [0.25, 0.3) is 10.2 Å². The van der Waals surface area contributed by atoms with Gasteiger partial charge in [-0.15, -0.1) is 0 Å². The van der Waals surface area contributed by atoms with Crippen LogP contribution in [0.15, 0.2) is 54.6 Å². The molecular formula is C26H24N4O4S. The van der Waals surface area contributed by atoms with E-state index in [-0.39, 0.29) is 18.2 Å². The molecule has 0 unspecified atom stereocenters. The van der Waals surface area contributed by atoms with Crippen LogP contribution < -0.4 is 10.2 Å². The zero-order valence-corrected chi connectivity index (χ0v) is 19.7. The first kappa shape index (κ1) is 22.9. The van der Waals surface area contributed by atoms with Gasteiger partial charge in [0.05, 0.1) is 10.2 Å². The topological polar surface area (TPSA) is 116 Å². The number of thiazole rings is 1. The van der Waals surface area contributed by atoms with E-state index >= 15 is 0 Å². The Hall–Kier alpha value is -3.82. The van der Waals surface area contributed by atoms with Crippen molar-refractivity contribution < 1.29 is 19.8 Å². The van der Waals surface area contributed by atoms with E-state index in [4.69, 9.17) is 5.11 Å². The van der Waals surface area contributed by atoms with Gasteiger partial charge in [-0.25, -0.2) is 14.8 Å². The number of fused-ring (bicyclic) bond motifs is 2. The number of carbonyl (C=O) groups excluding carboxylic acids is 1. The molecule has 8 nitrogen and oxygen atoms in total. The summed E-state index contributed by atoms with van der Waals surface area (Å²) in [7, 11) is 0. The van der Waals surface area contributed by atoms with Gasteiger partial charge >= 0.3 is 5.97 Å². The third-order valence-electron chi connectivity index (χ3n) is 6.13. The molecular weight excluding hydrogens is 464 g/mol. The Morgan fingerprint density at radius 1 is 1.06 bits per heavy atom. The van der Waals surface area contributed by atoms with Crippen LogP contribution in [-0.2, 0) is 19.4 Å². The van der Waals surface area contributed by atoms with Crippen molar-refractivity contribution in [1.29, 1.82) is 0 Å². The lowest BCUT2D eigenvalue weighted by Gasteiger charge is -2.31. The van der Waals surface area contributed by atoms with Gasteiger partial charge in [-0.3, -0.25) is 10.1 Å². The quantitative estimate of drug-likeness (QED) is 0.358. The molecule has 0 bridgehead atoms. The summed E-state index contributed by atoms with van der Waals surface area (Å²) < 4.78 is 1.01. The predicted molar refractivity (Wildman–Crippen MR) is 135 cm³/mol. The van der Waals surface area contributed by atoms with Gasteiger partial charge in [-0.1, -0.05) is 41.7 Å². The number of nitrogens with zero attached hydrogens (tertiary/aromatic N) is 3. The van der Waals surface area contributed by atoms with Gasteiger partial charge in [0.25, 0.3) is 5.91 Å². The molecule has 0 spiro atoms. The first-order valence-corrected chi connectivity index (χ1v) is 12.2. The summed E-state index contributed by atoms with van der Waals surface area (Å²) in [5.41, 5.74) is 4.02. The number of carbonyl (C=O) groups is 2. The summed E-state index contributed by atoms with van der Waals surface area (Å²) in [6.45, 7) is 1.10. The van der Waals surface area contributed by atoms with Crippen LogP contribution in [0.5, 0.6) is 0 Å². The average Bonchev–Trinajstić information content (AvgIpc) is 3.28. The number of carboxylic acid groups (broad SMARTS) is 1. The van der Waals surface area contributed by atoms with Crippen molar-refractivity contribution in [1.82, 2.24) is 9.97 Å². The van der Waals surface area contributed by atoms with Crippen LogP contribution in [0.2, 0.25) is 0 Å². The number of aliphatic hydroxyl groups excluding tert-OH is 1. The molecule has 1 amide bonds. The molecule has 178 valence electrons. The highest BCUT2D eigenvalue weighted by Gasteiger charge is 2.24. The summed E-state index contributed by atoms with van der Waals surface area (Å²) in [6, 6.07) is 17.0. The van der Waals surface area contributed by atoms with Crippen molar-refractivity contribution in [3.05, 3.63) is 82.5 Å². The third kappa shape index (κ3) is 4.73. The number of rotatable bonds is 7. The average molecular weight is 489 g/mol. The predicted octanol–water partition coefficient (Wildman–Crippen LogP) is 4.13. The molecule has 2 aromatic carbocycles. The molecule has 0 saturated carbocycles. The molecule has 1 aliphatic heterocycles. The highest BCUT2D eigenvalue weighted by atomic mass is 32.1. The number of nitrogens with one attached hydrogen (secondary N) is 1. The van der Waals surface area contributed by atoms with Crippen LogP contribution in [0.3, 0.4) is 0 Å². The fraction of sp³-hybridized carbons (Fsp3) is 0.231. The van der Waals surface area contributed by atoms with E-state index in [9.17, 15) is 14.7 Å². The van der Waals surface area contributed by atoms with Crippen LogP contribution in [-0.4, -0.2) is 45.2 Å². The normalized spacial score (nSPS) is 13.0. The zero-order valence-electron chi connectivity index (χ0n) is 18.9. The first-order chi connectivity index (χ1) is 17.0. The second-order valence-electron chi connectivity index (χ2n) is 8.37. The number of para-hydroxylation sites is 1. The summed E-state index contributed by atoms with van der Waals surface area (Å²) in [6.07, 6.45) is 1.64. The highest BCUT2D eigenvalue weighted by Crippen LogP contribution is 2.29. The molecule has 1 aliphatic rings. The number of aromatic carboxylic acids is 1. The fourth-order valence-corrected chi connectivity index (χ4v) is 5.25. The molecule has 0 aliphatic carbocycles. The SMILES string of the molecule is O=C(Nc1nc2ccccc2s1)c1cccc2c1CN(c1ccc(CCCO)c(C(=O)O)n1)CC2. The van der Waals surface area contributed by atoms with E-state index < -0.39 is 5.97 Å². The molecule has 0 saturated heterocycles. The molecule has 0 atom stereocenters. The lowest BCUT2D eigenvalue weighted by molar-refractivity contribution is 0.0688. The Morgan fingerprint density at radius 3 is 2.71 bits per heavy atom. The van der Waals surface area contributed by atoms with E-state index in [0.717, 1.165) is 21.3 Å². The van der Waals surface area contributed by atoms with Crippen molar-refractivity contribution in [2.24, 2.45) is 0 Å². The Labute approximate surface area is 205 Å². The molecule has 2 aromatic heterocycles. The Balaban J connectivity index is 1.40. The summed E-state index contributed by atoms with van der Waals surface area (Å²) in [4.78, 5) is 35.9. The van der Waals surface area contributed by atoms with Crippen LogP contribution in [0.1, 0.15) is 44.0 Å². The van der Waals surface area contributed by atoms with E-state index in [1.165, 1.54) is 11.3 Å². The number of aliphatic hydroxyl groups is 1. The Morgan fingerprint density at radius 2 is 1.91 bits per heavy atom. The number of aromatic nitrogens is 2. The Kier molecular flexibility index (Phi) is 6.43. The number of amides is 1. The van der Waals surface area contributed by atoms with Gasteiger partial charge in [0.2, 0.25) is 0 Å². The molecule has 0 radical (unpaired) electrons. The van der Waals surface area contributed by atoms with E-state index in [1.807, 2.05) is 47.4 Å². The molecule has 4 aromatic rings. The maximum atomic E-state index is 13.2. The number of pyridine rings is 1. The van der Waals surface area contributed by atoms with Crippen LogP contribution in [0.4, 0.5) is 10.9 Å². The number of carboxylic acids is 1. The molecule has 3 heterocycles. The van der Waals surface area contributed by atoms with Crippen LogP contribution >= 0.6 is 11.3 Å². The maximum absolute atomic E-state index is 13.2. The minimum atomic E-state index is -1.09. The van der Waals surface area contributed by atoms with E-state index in [0.29, 0.717) is 54.4 Å². The van der Waals surface area contributed by atoms with E-state index in [1.54, 1.807) is 12.1 Å². The van der Waals surface area contributed by atoms with Gasteiger partial charge in [0.15, 0.2) is 10.8 Å². The Bertz CT molecular complexity index is 1380. The fourth-order valence-electron chi connectivity index (χ4n) is 4.39. The largest absolute Gasteiger partial charge is 0.477 e. The second-order valence-corrected chi connectivity index (χ2v) is 9.40. The van der Waals surface area contributed by atoms with Gasteiger partial charge in [-0.05, 0) is 60.2 Å². The third-order valence-corrected chi connectivity index (χ3v) is 7.08. The van der Waals surface area contributed by atoms with Crippen LogP contribution in [0, 0.1) is 0 Å². The standard InChI is InChI=1S/C26H24N4O4S/c31-14-4-6-17-10-11-22(28-23(17)25(33)34)30-13-12-16-5-3-7-18(19(16)15-30)24(32)29-26-27-20-8-1-2-9-21(20)35-26/h1-3,5,7-11,31H,4,6,12-15H2,(H,33,34)(H,27,29,32). The molecule has 5 rings (SSSR count). The molecule has 35 heavy (non-hydrogen) atoms. The minimum Gasteiger partial charge on any atom is -0.477 e. The van der Waals surface area contributed by atoms with Crippen molar-refractivity contribution in [2.75, 3.05) is 23.4 Å². The number of benzene rings is 2. The number of hydrogen-bond acceptors (Lipinski definition) is 7. The van der Waals surface area contributed by atoms with Gasteiger partial charge in [0.1, 0.15) is 5.82 Å². The van der Waals surface area contributed by atoms with Gasteiger partial charge in [-0.2, -0.15) is 0 Å². The van der Waals surface area contributed by atoms with Gasteiger partial charge < -0.3 is 15.1 Å². The summed E-state index contributed by atoms with van der Waals surface area (Å²) in [5, 5.41) is 22.2.